The Bertz CT molecular complexity index is 942. The Morgan fingerprint density at radius 1 is 1.08 bits per heavy atom. The molecule has 1 aliphatic heterocycles. The molecule has 1 aromatic heterocycles. The van der Waals surface area contributed by atoms with Crippen LogP contribution in [-0.4, -0.2) is 32.7 Å². The van der Waals surface area contributed by atoms with Gasteiger partial charge in [-0.15, -0.1) is 10.2 Å². The van der Waals surface area contributed by atoms with Crippen molar-refractivity contribution in [3.63, 3.8) is 0 Å². The molecule has 0 unspecified atom stereocenters. The van der Waals surface area contributed by atoms with Crippen LogP contribution in [0.1, 0.15) is 22.8 Å². The van der Waals surface area contributed by atoms with Gasteiger partial charge in [-0.3, -0.25) is 9.56 Å². The van der Waals surface area contributed by atoms with Gasteiger partial charge in [0.15, 0.2) is 5.82 Å². The molecule has 0 fully saturated rings. The van der Waals surface area contributed by atoms with E-state index in [1.165, 1.54) is 0 Å². The van der Waals surface area contributed by atoms with Crippen molar-refractivity contribution < 1.29 is 9.84 Å². The van der Waals surface area contributed by atoms with Crippen LogP contribution < -0.4 is 4.74 Å². The third kappa shape index (κ3) is 2.23. The molecule has 0 saturated carbocycles. The number of rotatable bonds is 2. The number of phenolic OH excluding ortho intramolecular Hbond substituents is 1. The lowest BCUT2D eigenvalue weighted by molar-refractivity contribution is 0.414. The van der Waals surface area contributed by atoms with Crippen LogP contribution in [-0.2, 0) is 6.54 Å². The van der Waals surface area contributed by atoms with Crippen molar-refractivity contribution in [2.45, 2.75) is 13.5 Å². The van der Waals surface area contributed by atoms with E-state index >= 15 is 0 Å². The zero-order chi connectivity index (χ0) is 16.7. The zero-order valence-electron chi connectivity index (χ0n) is 13.4. The Kier molecular flexibility index (Phi) is 3.30. The summed E-state index contributed by atoms with van der Waals surface area (Å²) in [7, 11) is 1.64. The molecule has 6 heteroatoms. The summed E-state index contributed by atoms with van der Waals surface area (Å²) in [4.78, 5) is 4.75. The molecule has 3 aromatic rings. The first-order valence-electron chi connectivity index (χ1n) is 7.61. The van der Waals surface area contributed by atoms with E-state index in [0.29, 0.717) is 6.54 Å². The Morgan fingerprint density at radius 3 is 2.62 bits per heavy atom. The van der Waals surface area contributed by atoms with Crippen LogP contribution in [0.3, 0.4) is 0 Å². The van der Waals surface area contributed by atoms with Gasteiger partial charge in [0, 0.05) is 11.1 Å². The van der Waals surface area contributed by atoms with E-state index in [-0.39, 0.29) is 5.75 Å². The van der Waals surface area contributed by atoms with Crippen LogP contribution >= 0.6 is 0 Å². The smallest absolute Gasteiger partial charge is 0.159 e. The topological polar surface area (TPSA) is 72.5 Å². The standard InChI is InChI=1S/C18H16N4O2/c1-11-20-21-17-10-19-18(12-3-5-13(23)6-4-12)15-9-14(24-2)7-8-16(15)22(11)17/h3-9,23H,10H2,1-2H3. The van der Waals surface area contributed by atoms with Crippen LogP contribution in [0.4, 0.5) is 0 Å². The van der Waals surface area contributed by atoms with Crippen LogP contribution in [0.15, 0.2) is 47.5 Å². The lowest BCUT2D eigenvalue weighted by Crippen LogP contribution is -2.08. The number of phenols is 1. The first-order chi connectivity index (χ1) is 11.7. The molecule has 0 bridgehead atoms. The molecule has 0 saturated heterocycles. The Morgan fingerprint density at radius 2 is 1.88 bits per heavy atom. The van der Waals surface area contributed by atoms with Crippen LogP contribution in [0.5, 0.6) is 11.5 Å². The summed E-state index contributed by atoms with van der Waals surface area (Å²) in [5.41, 5.74) is 3.69. The second kappa shape index (κ2) is 5.49. The average Bonchev–Trinajstić information content (AvgIpc) is 2.88. The molecule has 1 N–H and O–H groups in total. The molecule has 2 heterocycles. The molecule has 0 radical (unpaired) electrons. The summed E-state index contributed by atoms with van der Waals surface area (Å²) in [6.45, 7) is 2.37. The minimum Gasteiger partial charge on any atom is -0.508 e. The van der Waals surface area contributed by atoms with Crippen molar-refractivity contribution in [2.75, 3.05) is 7.11 Å². The Balaban J connectivity index is 1.97. The summed E-state index contributed by atoms with van der Waals surface area (Å²) in [5.74, 6) is 2.60. The average molecular weight is 320 g/mol. The Hall–Kier alpha value is -3.15. The normalized spacial score (nSPS) is 12.8. The predicted molar refractivity (Wildman–Crippen MR) is 90.1 cm³/mol. The minimum atomic E-state index is 0.229. The zero-order valence-corrected chi connectivity index (χ0v) is 13.4. The molecule has 0 spiro atoms. The molecule has 24 heavy (non-hydrogen) atoms. The van der Waals surface area contributed by atoms with E-state index in [9.17, 15) is 5.11 Å². The van der Waals surface area contributed by atoms with Gasteiger partial charge < -0.3 is 9.84 Å². The number of hydrogen-bond donors (Lipinski definition) is 1. The molecule has 6 nitrogen and oxygen atoms in total. The van der Waals surface area contributed by atoms with E-state index in [4.69, 9.17) is 9.73 Å². The molecule has 0 amide bonds. The SMILES string of the molecule is COc1ccc2c(c1)C(c1ccc(O)cc1)=NCc1nnc(C)n1-2. The lowest BCUT2D eigenvalue weighted by atomic mass is 10.00. The minimum absolute atomic E-state index is 0.229. The van der Waals surface area contributed by atoms with E-state index in [2.05, 4.69) is 10.2 Å². The molecular formula is C18H16N4O2. The van der Waals surface area contributed by atoms with Gasteiger partial charge in [-0.1, -0.05) is 0 Å². The van der Waals surface area contributed by atoms with E-state index in [0.717, 1.165) is 39.9 Å². The van der Waals surface area contributed by atoms with Crippen molar-refractivity contribution in [3.05, 3.63) is 65.2 Å². The number of aromatic hydroxyl groups is 1. The maximum absolute atomic E-state index is 9.55. The van der Waals surface area contributed by atoms with Crippen molar-refractivity contribution in [1.29, 1.82) is 0 Å². The van der Waals surface area contributed by atoms with E-state index in [1.807, 2.05) is 41.8 Å². The molecule has 4 rings (SSSR count). The summed E-state index contributed by atoms with van der Waals surface area (Å²) in [6.07, 6.45) is 0. The monoisotopic (exact) mass is 320 g/mol. The number of aromatic nitrogens is 3. The first-order valence-corrected chi connectivity index (χ1v) is 7.61. The molecule has 120 valence electrons. The van der Waals surface area contributed by atoms with Crippen LogP contribution in [0.2, 0.25) is 0 Å². The van der Waals surface area contributed by atoms with Gasteiger partial charge >= 0.3 is 0 Å². The van der Waals surface area contributed by atoms with Crippen LogP contribution in [0.25, 0.3) is 5.69 Å². The number of aryl methyl sites for hydroxylation is 1. The van der Waals surface area contributed by atoms with Crippen LogP contribution in [0, 0.1) is 6.92 Å². The quantitative estimate of drug-likeness (QED) is 0.788. The van der Waals surface area contributed by atoms with Gasteiger partial charge in [0.25, 0.3) is 0 Å². The maximum Gasteiger partial charge on any atom is 0.159 e. The highest BCUT2D eigenvalue weighted by Crippen LogP contribution is 2.29. The number of aliphatic imine (C=N–C) groups is 1. The fraction of sp³-hybridized carbons (Fsp3) is 0.167. The molecule has 0 atom stereocenters. The van der Waals surface area contributed by atoms with Gasteiger partial charge in [-0.2, -0.15) is 0 Å². The highest BCUT2D eigenvalue weighted by atomic mass is 16.5. The summed E-state index contributed by atoms with van der Waals surface area (Å²) in [5, 5.41) is 18.0. The summed E-state index contributed by atoms with van der Waals surface area (Å²) < 4.78 is 7.41. The molecular weight excluding hydrogens is 304 g/mol. The van der Waals surface area contributed by atoms with Gasteiger partial charge in [0.2, 0.25) is 0 Å². The van der Waals surface area contributed by atoms with Crippen molar-refractivity contribution in [2.24, 2.45) is 4.99 Å². The van der Waals surface area contributed by atoms with Crippen molar-refractivity contribution in [3.8, 4) is 17.2 Å². The van der Waals surface area contributed by atoms with Gasteiger partial charge in [-0.05, 0) is 49.4 Å². The number of hydrogen-bond acceptors (Lipinski definition) is 5. The van der Waals surface area contributed by atoms with Gasteiger partial charge in [-0.25, -0.2) is 0 Å². The summed E-state index contributed by atoms with van der Waals surface area (Å²) in [6, 6.07) is 12.9. The molecule has 2 aromatic carbocycles. The third-order valence-electron chi connectivity index (χ3n) is 4.11. The summed E-state index contributed by atoms with van der Waals surface area (Å²) >= 11 is 0. The fourth-order valence-corrected chi connectivity index (χ4v) is 2.95. The number of ether oxygens (including phenoxy) is 1. The number of fused-ring (bicyclic) bond motifs is 3. The Labute approximate surface area is 139 Å². The van der Waals surface area contributed by atoms with Crippen molar-refractivity contribution >= 4 is 5.71 Å². The van der Waals surface area contributed by atoms with Gasteiger partial charge in [0.1, 0.15) is 23.9 Å². The lowest BCUT2D eigenvalue weighted by Gasteiger charge is -2.14. The maximum atomic E-state index is 9.55. The second-order valence-electron chi connectivity index (χ2n) is 5.59. The first kappa shape index (κ1) is 14.4. The number of nitrogens with zero attached hydrogens (tertiary/aromatic N) is 4. The molecule has 0 aliphatic carbocycles. The highest BCUT2D eigenvalue weighted by molar-refractivity contribution is 6.15. The van der Waals surface area contributed by atoms with E-state index < -0.39 is 0 Å². The fourth-order valence-electron chi connectivity index (χ4n) is 2.95. The van der Waals surface area contributed by atoms with Crippen molar-refractivity contribution in [1.82, 2.24) is 14.8 Å². The largest absolute Gasteiger partial charge is 0.508 e. The number of benzene rings is 2. The highest BCUT2D eigenvalue weighted by Gasteiger charge is 2.22. The predicted octanol–water partition coefficient (Wildman–Crippen LogP) is 2.64. The third-order valence-corrected chi connectivity index (χ3v) is 4.11. The number of methoxy groups -OCH3 is 1. The second-order valence-corrected chi connectivity index (χ2v) is 5.59. The van der Waals surface area contributed by atoms with Gasteiger partial charge in [0.05, 0.1) is 18.5 Å². The van der Waals surface area contributed by atoms with E-state index in [1.54, 1.807) is 19.2 Å². The molecule has 1 aliphatic rings.